The minimum absolute atomic E-state index is 0.712. The summed E-state index contributed by atoms with van der Waals surface area (Å²) in [6.45, 7) is 0. The summed E-state index contributed by atoms with van der Waals surface area (Å²) in [6, 6.07) is 0. The summed E-state index contributed by atoms with van der Waals surface area (Å²) in [5, 5.41) is 0. The second kappa shape index (κ2) is 3.84. The van der Waals surface area contributed by atoms with Crippen molar-refractivity contribution >= 4 is 0 Å². The Labute approximate surface area is 90.8 Å². The number of nitrogens with zero attached hydrogens (tertiary/aromatic N) is 1. The van der Waals surface area contributed by atoms with Crippen molar-refractivity contribution in [2.24, 2.45) is 0 Å². The molecular formula is C13H18N2. The van der Waals surface area contributed by atoms with E-state index in [1.54, 1.807) is 17.5 Å². The quantitative estimate of drug-likeness (QED) is 0.693. The van der Waals surface area contributed by atoms with Crippen LogP contribution in [-0.4, -0.2) is 9.97 Å². The van der Waals surface area contributed by atoms with E-state index in [4.69, 9.17) is 0 Å². The summed E-state index contributed by atoms with van der Waals surface area (Å²) < 4.78 is 0. The molecule has 80 valence electrons. The van der Waals surface area contributed by atoms with E-state index < -0.39 is 0 Å². The predicted molar refractivity (Wildman–Crippen MR) is 60.7 cm³/mol. The van der Waals surface area contributed by atoms with E-state index in [-0.39, 0.29) is 0 Å². The fraction of sp³-hybridized carbons (Fsp3) is 0.615. The third-order valence-corrected chi connectivity index (χ3v) is 3.95. The van der Waals surface area contributed by atoms with Gasteiger partial charge in [-0.3, -0.25) is 0 Å². The summed E-state index contributed by atoms with van der Waals surface area (Å²) >= 11 is 0. The summed E-state index contributed by atoms with van der Waals surface area (Å²) in [5.74, 6) is 0.712. The summed E-state index contributed by atoms with van der Waals surface area (Å²) in [6.07, 6.45) is 13.3. The standard InChI is InChI=1S/C13H18N2/c1-2-4-11-7-12(6-5-10(11)3-1)13-8-14-9-15-13/h8-9,12H,1-7H2,(H,14,15)/t12-/m0/s1. The number of hydrogen-bond acceptors (Lipinski definition) is 1. The Morgan fingerprint density at radius 2 is 2.00 bits per heavy atom. The van der Waals surface area contributed by atoms with Crippen LogP contribution in [0.4, 0.5) is 0 Å². The van der Waals surface area contributed by atoms with Crippen LogP contribution < -0.4 is 0 Å². The number of nitrogens with one attached hydrogen (secondary N) is 1. The van der Waals surface area contributed by atoms with Crippen LogP contribution in [0.2, 0.25) is 0 Å². The van der Waals surface area contributed by atoms with Crippen molar-refractivity contribution in [3.05, 3.63) is 29.4 Å². The first-order valence-corrected chi connectivity index (χ1v) is 6.11. The van der Waals surface area contributed by atoms with Gasteiger partial charge in [0.15, 0.2) is 0 Å². The molecule has 0 radical (unpaired) electrons. The molecule has 2 aliphatic rings. The van der Waals surface area contributed by atoms with Crippen molar-refractivity contribution in [1.82, 2.24) is 9.97 Å². The van der Waals surface area contributed by atoms with E-state index >= 15 is 0 Å². The van der Waals surface area contributed by atoms with Gasteiger partial charge in [-0.1, -0.05) is 11.1 Å². The molecule has 1 heterocycles. The van der Waals surface area contributed by atoms with Crippen LogP contribution in [0.3, 0.4) is 0 Å². The van der Waals surface area contributed by atoms with Crippen molar-refractivity contribution in [1.29, 1.82) is 0 Å². The van der Waals surface area contributed by atoms with Crippen molar-refractivity contribution in [2.75, 3.05) is 0 Å². The van der Waals surface area contributed by atoms with E-state index in [1.807, 2.05) is 6.20 Å². The highest BCUT2D eigenvalue weighted by Gasteiger charge is 2.24. The molecule has 1 N–H and O–H groups in total. The summed E-state index contributed by atoms with van der Waals surface area (Å²) in [5.41, 5.74) is 4.90. The fourth-order valence-corrected chi connectivity index (χ4v) is 3.08. The van der Waals surface area contributed by atoms with Gasteiger partial charge in [-0.2, -0.15) is 0 Å². The van der Waals surface area contributed by atoms with E-state index in [1.165, 1.54) is 50.6 Å². The van der Waals surface area contributed by atoms with Crippen LogP contribution in [-0.2, 0) is 0 Å². The lowest BCUT2D eigenvalue weighted by Gasteiger charge is -2.29. The molecule has 0 aromatic carbocycles. The normalized spacial score (nSPS) is 26.5. The second-order valence-electron chi connectivity index (χ2n) is 4.86. The zero-order valence-electron chi connectivity index (χ0n) is 9.13. The molecule has 0 bridgehead atoms. The highest BCUT2D eigenvalue weighted by atomic mass is 14.9. The molecule has 1 aromatic heterocycles. The van der Waals surface area contributed by atoms with Crippen LogP contribution in [0.25, 0.3) is 0 Å². The van der Waals surface area contributed by atoms with Gasteiger partial charge in [0.1, 0.15) is 0 Å². The number of H-pyrrole nitrogens is 1. The average molecular weight is 202 g/mol. The molecule has 2 nitrogen and oxygen atoms in total. The minimum atomic E-state index is 0.712. The van der Waals surface area contributed by atoms with E-state index in [2.05, 4.69) is 9.97 Å². The Balaban J connectivity index is 1.79. The number of aromatic amines is 1. The molecule has 2 heteroatoms. The molecule has 2 aliphatic carbocycles. The highest BCUT2D eigenvalue weighted by Crippen LogP contribution is 2.41. The Kier molecular flexibility index (Phi) is 2.35. The van der Waals surface area contributed by atoms with Gasteiger partial charge in [0, 0.05) is 17.8 Å². The topological polar surface area (TPSA) is 28.7 Å². The molecular weight excluding hydrogens is 184 g/mol. The second-order valence-corrected chi connectivity index (χ2v) is 4.86. The minimum Gasteiger partial charge on any atom is -0.348 e. The van der Waals surface area contributed by atoms with Gasteiger partial charge in [-0.25, -0.2) is 4.98 Å². The van der Waals surface area contributed by atoms with Crippen molar-refractivity contribution < 1.29 is 0 Å². The summed E-state index contributed by atoms with van der Waals surface area (Å²) in [4.78, 5) is 7.40. The fourth-order valence-electron chi connectivity index (χ4n) is 3.08. The first kappa shape index (κ1) is 9.20. The van der Waals surface area contributed by atoms with Gasteiger partial charge in [0.25, 0.3) is 0 Å². The third kappa shape index (κ3) is 1.73. The Morgan fingerprint density at radius 1 is 1.13 bits per heavy atom. The molecule has 3 rings (SSSR count). The molecule has 0 saturated heterocycles. The lowest BCUT2D eigenvalue weighted by Crippen LogP contribution is -2.12. The molecule has 15 heavy (non-hydrogen) atoms. The number of rotatable bonds is 1. The molecule has 1 atom stereocenters. The molecule has 0 saturated carbocycles. The zero-order valence-corrected chi connectivity index (χ0v) is 9.13. The van der Waals surface area contributed by atoms with E-state index in [0.717, 1.165) is 0 Å². The average Bonchev–Trinajstić information content (AvgIpc) is 2.82. The third-order valence-electron chi connectivity index (χ3n) is 3.95. The van der Waals surface area contributed by atoms with Gasteiger partial charge in [-0.05, 0) is 44.9 Å². The number of hydrogen-bond donors (Lipinski definition) is 1. The smallest absolute Gasteiger partial charge is 0.0921 e. The molecule has 0 fully saturated rings. The number of imidazole rings is 1. The van der Waals surface area contributed by atoms with Gasteiger partial charge in [-0.15, -0.1) is 0 Å². The molecule has 0 amide bonds. The van der Waals surface area contributed by atoms with E-state index in [9.17, 15) is 0 Å². The van der Waals surface area contributed by atoms with E-state index in [0.29, 0.717) is 5.92 Å². The molecule has 0 unspecified atom stereocenters. The van der Waals surface area contributed by atoms with Gasteiger partial charge in [0.05, 0.1) is 6.33 Å². The Hall–Kier alpha value is -1.05. The van der Waals surface area contributed by atoms with Gasteiger partial charge < -0.3 is 4.98 Å². The number of allylic oxidation sites excluding steroid dienone is 2. The summed E-state index contributed by atoms with van der Waals surface area (Å²) in [7, 11) is 0. The van der Waals surface area contributed by atoms with Crippen molar-refractivity contribution in [2.45, 2.75) is 50.9 Å². The SMILES string of the molecule is c1ncc([C@H]2CCC3=C(CCCC3)C2)[nH]1. The monoisotopic (exact) mass is 202 g/mol. The Bertz CT molecular complexity index is 362. The van der Waals surface area contributed by atoms with Crippen molar-refractivity contribution in [3.8, 4) is 0 Å². The van der Waals surface area contributed by atoms with Crippen LogP contribution >= 0.6 is 0 Å². The largest absolute Gasteiger partial charge is 0.348 e. The molecule has 0 spiro atoms. The first-order chi connectivity index (χ1) is 7.43. The lowest BCUT2D eigenvalue weighted by molar-refractivity contribution is 0.503. The van der Waals surface area contributed by atoms with Crippen LogP contribution in [0, 0.1) is 0 Å². The van der Waals surface area contributed by atoms with Crippen LogP contribution in [0.5, 0.6) is 0 Å². The maximum absolute atomic E-state index is 4.13. The highest BCUT2D eigenvalue weighted by molar-refractivity contribution is 5.24. The predicted octanol–water partition coefficient (Wildman–Crippen LogP) is 3.55. The molecule has 1 aromatic rings. The Morgan fingerprint density at radius 3 is 2.80 bits per heavy atom. The maximum Gasteiger partial charge on any atom is 0.0921 e. The van der Waals surface area contributed by atoms with Crippen LogP contribution in [0.1, 0.15) is 56.6 Å². The lowest BCUT2D eigenvalue weighted by atomic mass is 9.76. The van der Waals surface area contributed by atoms with Gasteiger partial charge in [0.2, 0.25) is 0 Å². The maximum atomic E-state index is 4.13. The van der Waals surface area contributed by atoms with Crippen molar-refractivity contribution in [3.63, 3.8) is 0 Å². The zero-order chi connectivity index (χ0) is 10.1. The van der Waals surface area contributed by atoms with Crippen LogP contribution in [0.15, 0.2) is 23.7 Å². The first-order valence-electron chi connectivity index (χ1n) is 6.11. The number of aromatic nitrogens is 2. The van der Waals surface area contributed by atoms with Gasteiger partial charge >= 0.3 is 0 Å². The molecule has 0 aliphatic heterocycles.